The summed E-state index contributed by atoms with van der Waals surface area (Å²) in [4.78, 5) is 4.06. The SMILES string of the molecule is CCCCN(Cc1ccc(SC)cc1)SN=[N+]=[N-]. The van der Waals surface area contributed by atoms with E-state index in [2.05, 4.69) is 51.2 Å². The van der Waals surface area contributed by atoms with E-state index >= 15 is 0 Å². The third kappa shape index (κ3) is 5.69. The fraction of sp³-hybridized carbons (Fsp3) is 0.500. The first-order valence-corrected chi connectivity index (χ1v) is 7.85. The standard InChI is InChI=1S/C12H18N4S2/c1-3-4-9-16(18-15-14-13)10-11-5-7-12(17-2)8-6-11/h5-8H,3-4,9-10H2,1-2H3. The summed E-state index contributed by atoms with van der Waals surface area (Å²) >= 11 is 2.94. The van der Waals surface area contributed by atoms with E-state index in [-0.39, 0.29) is 0 Å². The van der Waals surface area contributed by atoms with Crippen LogP contribution in [0.25, 0.3) is 10.4 Å². The minimum atomic E-state index is 0.804. The van der Waals surface area contributed by atoms with E-state index in [1.165, 1.54) is 22.6 Å². The van der Waals surface area contributed by atoms with E-state index < -0.39 is 0 Å². The Balaban J connectivity index is 2.59. The molecule has 0 unspecified atom stereocenters. The Hall–Kier alpha value is -0.810. The van der Waals surface area contributed by atoms with Gasteiger partial charge in [-0.25, -0.2) is 4.31 Å². The number of nitrogens with zero attached hydrogens (tertiary/aromatic N) is 4. The highest BCUT2D eigenvalue weighted by molar-refractivity contribution is 7.98. The summed E-state index contributed by atoms with van der Waals surface area (Å²) in [5.74, 6) is 0. The van der Waals surface area contributed by atoms with E-state index in [4.69, 9.17) is 5.53 Å². The predicted molar refractivity (Wildman–Crippen MR) is 80.3 cm³/mol. The molecule has 0 atom stereocenters. The third-order valence-corrected chi connectivity index (χ3v) is 3.90. The maximum Gasteiger partial charge on any atom is 0.0343 e. The Labute approximate surface area is 117 Å². The van der Waals surface area contributed by atoms with E-state index in [9.17, 15) is 0 Å². The molecule has 1 aromatic carbocycles. The summed E-state index contributed by atoms with van der Waals surface area (Å²) in [5, 5.41) is 0. The van der Waals surface area contributed by atoms with Crippen LogP contribution < -0.4 is 0 Å². The molecule has 0 aliphatic heterocycles. The average Bonchev–Trinajstić information content (AvgIpc) is 2.42. The van der Waals surface area contributed by atoms with E-state index in [1.807, 2.05) is 0 Å². The summed E-state index contributed by atoms with van der Waals surface area (Å²) in [6.07, 6.45) is 4.32. The van der Waals surface area contributed by atoms with Crippen LogP contribution in [-0.2, 0) is 6.54 Å². The second kappa shape index (κ2) is 9.16. The minimum Gasteiger partial charge on any atom is -0.240 e. The number of hydrogen-bond acceptors (Lipinski definition) is 4. The van der Waals surface area contributed by atoms with Crippen molar-refractivity contribution < 1.29 is 0 Å². The van der Waals surface area contributed by atoms with Crippen molar-refractivity contribution in [1.29, 1.82) is 0 Å². The smallest absolute Gasteiger partial charge is 0.0343 e. The first-order chi connectivity index (χ1) is 8.80. The monoisotopic (exact) mass is 282 g/mol. The van der Waals surface area contributed by atoms with Gasteiger partial charge in [-0.1, -0.05) is 25.5 Å². The summed E-state index contributed by atoms with van der Waals surface area (Å²) < 4.78 is 5.67. The zero-order valence-electron chi connectivity index (χ0n) is 10.7. The Morgan fingerprint density at radius 3 is 2.61 bits per heavy atom. The van der Waals surface area contributed by atoms with Crippen molar-refractivity contribution in [2.24, 2.45) is 4.52 Å². The molecule has 0 radical (unpaired) electrons. The Morgan fingerprint density at radius 2 is 2.06 bits per heavy atom. The molecule has 1 aromatic rings. The number of rotatable bonds is 8. The number of thioether (sulfide) groups is 1. The van der Waals surface area contributed by atoms with Crippen molar-refractivity contribution in [2.45, 2.75) is 31.2 Å². The maximum absolute atomic E-state index is 8.38. The Kier molecular flexibility index (Phi) is 7.76. The number of unbranched alkanes of at least 4 members (excludes halogenated alkanes) is 1. The molecule has 4 nitrogen and oxygen atoms in total. The lowest BCUT2D eigenvalue weighted by molar-refractivity contribution is 0.452. The highest BCUT2D eigenvalue weighted by Crippen LogP contribution is 2.20. The lowest BCUT2D eigenvalue weighted by Crippen LogP contribution is -2.15. The molecule has 0 N–H and O–H groups in total. The van der Waals surface area contributed by atoms with Crippen molar-refractivity contribution in [2.75, 3.05) is 12.8 Å². The van der Waals surface area contributed by atoms with E-state index in [0.29, 0.717) is 0 Å². The molecule has 0 saturated heterocycles. The van der Waals surface area contributed by atoms with Gasteiger partial charge in [0.1, 0.15) is 0 Å². The molecule has 98 valence electrons. The quantitative estimate of drug-likeness (QED) is 0.224. The third-order valence-electron chi connectivity index (χ3n) is 2.47. The zero-order valence-corrected chi connectivity index (χ0v) is 12.4. The molecule has 0 aromatic heterocycles. The van der Waals surface area contributed by atoms with Crippen molar-refractivity contribution in [3.63, 3.8) is 0 Å². The van der Waals surface area contributed by atoms with Gasteiger partial charge in [0.25, 0.3) is 0 Å². The van der Waals surface area contributed by atoms with Gasteiger partial charge in [0.15, 0.2) is 0 Å². The van der Waals surface area contributed by atoms with Gasteiger partial charge in [-0.2, -0.15) is 0 Å². The fourth-order valence-electron chi connectivity index (χ4n) is 1.49. The van der Waals surface area contributed by atoms with Crippen LogP contribution in [0.5, 0.6) is 0 Å². The maximum atomic E-state index is 8.38. The molecule has 0 aliphatic carbocycles. The van der Waals surface area contributed by atoms with Gasteiger partial charge in [0.2, 0.25) is 0 Å². The number of benzene rings is 1. The molecular formula is C12H18N4S2. The van der Waals surface area contributed by atoms with Gasteiger partial charge in [0, 0.05) is 35.0 Å². The molecule has 0 spiro atoms. The Morgan fingerprint density at radius 1 is 1.33 bits per heavy atom. The highest BCUT2D eigenvalue weighted by atomic mass is 32.2. The second-order valence-electron chi connectivity index (χ2n) is 3.82. The lowest BCUT2D eigenvalue weighted by Gasteiger charge is -2.18. The summed E-state index contributed by atoms with van der Waals surface area (Å²) in [7, 11) is 0. The number of azide groups is 1. The van der Waals surface area contributed by atoms with Crippen LogP contribution in [0.2, 0.25) is 0 Å². The highest BCUT2D eigenvalue weighted by Gasteiger charge is 2.05. The largest absolute Gasteiger partial charge is 0.240 e. The normalized spacial score (nSPS) is 10.4. The molecule has 1 rings (SSSR count). The van der Waals surface area contributed by atoms with Crippen molar-refractivity contribution in [3.8, 4) is 0 Å². The van der Waals surface area contributed by atoms with Crippen LogP contribution in [0.3, 0.4) is 0 Å². The van der Waals surface area contributed by atoms with Gasteiger partial charge in [-0.15, -0.1) is 11.8 Å². The molecule has 0 fully saturated rings. The molecule has 0 heterocycles. The molecular weight excluding hydrogens is 264 g/mol. The number of hydrogen-bond donors (Lipinski definition) is 0. The summed E-state index contributed by atoms with van der Waals surface area (Å²) in [6.45, 7) is 3.90. The van der Waals surface area contributed by atoms with Crippen LogP contribution in [0, 0.1) is 0 Å². The van der Waals surface area contributed by atoms with Gasteiger partial charge in [0.05, 0.1) is 0 Å². The van der Waals surface area contributed by atoms with E-state index in [1.54, 1.807) is 11.8 Å². The predicted octanol–water partition coefficient (Wildman–Crippen LogP) is 4.88. The second-order valence-corrected chi connectivity index (χ2v) is 5.54. The van der Waals surface area contributed by atoms with Crippen LogP contribution >= 0.6 is 23.9 Å². The zero-order chi connectivity index (χ0) is 13.2. The van der Waals surface area contributed by atoms with Gasteiger partial charge in [-0.05, 0) is 40.4 Å². The summed E-state index contributed by atoms with van der Waals surface area (Å²) in [6, 6.07) is 8.50. The first-order valence-electron chi connectivity index (χ1n) is 5.89. The fourth-order valence-corrected chi connectivity index (χ4v) is 2.45. The van der Waals surface area contributed by atoms with Gasteiger partial charge in [-0.3, -0.25) is 0 Å². The first kappa shape index (κ1) is 15.2. The molecule has 0 saturated carbocycles. The average molecular weight is 282 g/mol. The van der Waals surface area contributed by atoms with Crippen LogP contribution in [0.15, 0.2) is 33.7 Å². The molecule has 0 amide bonds. The van der Waals surface area contributed by atoms with Crippen LogP contribution in [0.1, 0.15) is 25.3 Å². The van der Waals surface area contributed by atoms with Crippen LogP contribution in [-0.4, -0.2) is 17.1 Å². The molecule has 18 heavy (non-hydrogen) atoms. The molecule has 0 bridgehead atoms. The Bertz CT molecular complexity index is 388. The molecule has 6 heteroatoms. The topological polar surface area (TPSA) is 52.0 Å². The van der Waals surface area contributed by atoms with Crippen LogP contribution in [0.4, 0.5) is 0 Å². The van der Waals surface area contributed by atoms with Crippen molar-refractivity contribution in [1.82, 2.24) is 4.31 Å². The van der Waals surface area contributed by atoms with Crippen molar-refractivity contribution >= 4 is 23.9 Å². The summed E-state index contributed by atoms with van der Waals surface area (Å²) in [5.41, 5.74) is 9.62. The van der Waals surface area contributed by atoms with Gasteiger partial charge >= 0.3 is 0 Å². The minimum absolute atomic E-state index is 0.804. The lowest BCUT2D eigenvalue weighted by atomic mass is 10.2. The van der Waals surface area contributed by atoms with E-state index in [0.717, 1.165) is 25.9 Å². The van der Waals surface area contributed by atoms with Crippen molar-refractivity contribution in [3.05, 3.63) is 40.3 Å². The molecule has 0 aliphatic rings. The van der Waals surface area contributed by atoms with Gasteiger partial charge < -0.3 is 0 Å².